The van der Waals surface area contributed by atoms with Gasteiger partial charge in [-0.2, -0.15) is 5.26 Å². The molecule has 7 nitrogen and oxygen atoms in total. The molecule has 0 aromatic heterocycles. The van der Waals surface area contributed by atoms with Gasteiger partial charge in [-0.1, -0.05) is 121 Å². The highest BCUT2D eigenvalue weighted by atomic mass is 31.2. The molecular weight excluding hydrogens is 535 g/mol. The SMILES string of the molecule is COC(=O)[C@@H]1[C@H](c2ccccc2)N[C@](C(=O)OCc2ccccc2)(P(=O)(c2ccccc2)c2ccccc2)[C@H]1C#N. The summed E-state index contributed by atoms with van der Waals surface area (Å²) in [4.78, 5) is 28.0. The zero-order valence-electron chi connectivity index (χ0n) is 22.4. The fourth-order valence-electron chi connectivity index (χ4n) is 5.67. The van der Waals surface area contributed by atoms with Crippen LogP contribution in [0.5, 0.6) is 0 Å². The van der Waals surface area contributed by atoms with Crippen molar-refractivity contribution in [3.63, 3.8) is 0 Å². The summed E-state index contributed by atoms with van der Waals surface area (Å²) in [6.07, 6.45) is 0. The average molecular weight is 565 g/mol. The minimum Gasteiger partial charge on any atom is -0.469 e. The number of nitriles is 1. The third kappa shape index (κ3) is 4.86. The van der Waals surface area contributed by atoms with Gasteiger partial charge in [0.2, 0.25) is 0 Å². The Morgan fingerprint density at radius 1 is 0.829 bits per heavy atom. The van der Waals surface area contributed by atoms with E-state index in [1.807, 2.05) is 36.4 Å². The number of carbonyl (C=O) groups is 2. The molecule has 4 atom stereocenters. The number of ether oxygens (including phenoxy) is 2. The molecule has 0 aliphatic carbocycles. The second kappa shape index (κ2) is 11.9. The second-order valence-electron chi connectivity index (χ2n) is 9.80. The zero-order chi connectivity index (χ0) is 28.9. The number of hydrogen-bond acceptors (Lipinski definition) is 7. The summed E-state index contributed by atoms with van der Waals surface area (Å²) in [5.74, 6) is -4.13. The molecule has 1 fully saturated rings. The Balaban J connectivity index is 1.79. The molecule has 1 saturated heterocycles. The predicted octanol–water partition coefficient (Wildman–Crippen LogP) is 4.71. The van der Waals surface area contributed by atoms with Crippen molar-refractivity contribution in [2.24, 2.45) is 11.8 Å². The molecule has 4 aromatic carbocycles. The third-order valence-corrected chi connectivity index (χ3v) is 11.2. The Bertz CT molecular complexity index is 1550. The maximum Gasteiger partial charge on any atom is 0.336 e. The van der Waals surface area contributed by atoms with E-state index in [0.29, 0.717) is 16.2 Å². The molecule has 1 heterocycles. The van der Waals surface area contributed by atoms with E-state index in [1.54, 1.807) is 84.9 Å². The van der Waals surface area contributed by atoms with Gasteiger partial charge < -0.3 is 14.0 Å². The number of benzene rings is 4. The van der Waals surface area contributed by atoms with E-state index >= 15 is 4.57 Å². The van der Waals surface area contributed by atoms with Crippen molar-refractivity contribution in [3.8, 4) is 6.07 Å². The number of carbonyl (C=O) groups excluding carboxylic acids is 2. The fourth-order valence-corrected chi connectivity index (χ4v) is 9.22. The quantitative estimate of drug-likeness (QED) is 0.244. The van der Waals surface area contributed by atoms with Crippen molar-refractivity contribution in [2.75, 3.05) is 7.11 Å². The van der Waals surface area contributed by atoms with Crippen LogP contribution in [0.3, 0.4) is 0 Å². The molecule has 206 valence electrons. The summed E-state index contributed by atoms with van der Waals surface area (Å²) in [5, 5.41) is 12.6. The number of nitrogens with one attached hydrogen (secondary N) is 1. The van der Waals surface area contributed by atoms with Crippen LogP contribution in [0.25, 0.3) is 0 Å². The zero-order valence-corrected chi connectivity index (χ0v) is 23.3. The van der Waals surface area contributed by atoms with Gasteiger partial charge in [0.1, 0.15) is 6.61 Å². The van der Waals surface area contributed by atoms with Crippen LogP contribution in [0.1, 0.15) is 17.2 Å². The van der Waals surface area contributed by atoms with Crippen LogP contribution in [0, 0.1) is 23.2 Å². The van der Waals surface area contributed by atoms with Crippen molar-refractivity contribution in [2.45, 2.75) is 17.9 Å². The highest BCUT2D eigenvalue weighted by Gasteiger charge is 2.70. The van der Waals surface area contributed by atoms with Crippen LogP contribution in [-0.2, 0) is 30.2 Å². The maximum absolute atomic E-state index is 15.9. The first-order valence-electron chi connectivity index (χ1n) is 13.2. The van der Waals surface area contributed by atoms with Crippen molar-refractivity contribution < 1.29 is 23.6 Å². The highest BCUT2D eigenvalue weighted by molar-refractivity contribution is 7.80. The Labute approximate surface area is 239 Å². The van der Waals surface area contributed by atoms with Gasteiger partial charge in [0, 0.05) is 16.7 Å². The van der Waals surface area contributed by atoms with E-state index in [4.69, 9.17) is 9.47 Å². The minimum absolute atomic E-state index is 0.107. The summed E-state index contributed by atoms with van der Waals surface area (Å²) in [5.41, 5.74) is 1.37. The van der Waals surface area contributed by atoms with Crippen LogP contribution < -0.4 is 15.9 Å². The number of hydrogen-bond donors (Lipinski definition) is 1. The van der Waals surface area contributed by atoms with Gasteiger partial charge in [-0.15, -0.1) is 0 Å². The van der Waals surface area contributed by atoms with Crippen molar-refractivity contribution in [1.29, 1.82) is 5.26 Å². The largest absolute Gasteiger partial charge is 0.469 e. The number of nitrogens with zero attached hydrogens (tertiary/aromatic N) is 1. The number of methoxy groups -OCH3 is 1. The summed E-state index contributed by atoms with van der Waals surface area (Å²) in [7, 11) is -2.88. The van der Waals surface area contributed by atoms with E-state index in [2.05, 4.69) is 11.4 Å². The van der Waals surface area contributed by atoms with E-state index in [1.165, 1.54) is 7.11 Å². The third-order valence-electron chi connectivity index (χ3n) is 7.58. The van der Waals surface area contributed by atoms with Gasteiger partial charge in [-0.3, -0.25) is 10.1 Å². The minimum atomic E-state index is -4.11. The molecule has 0 bridgehead atoms. The van der Waals surface area contributed by atoms with Gasteiger partial charge in [0.05, 0.1) is 25.0 Å². The normalized spacial score (nSPS) is 21.9. The first kappa shape index (κ1) is 28.0. The lowest BCUT2D eigenvalue weighted by Crippen LogP contribution is -2.57. The molecule has 4 aromatic rings. The topological polar surface area (TPSA) is 105 Å². The molecule has 0 spiro atoms. The van der Waals surface area contributed by atoms with Crippen LogP contribution in [-0.4, -0.2) is 24.3 Å². The van der Waals surface area contributed by atoms with Gasteiger partial charge in [-0.05, 0) is 11.1 Å². The molecule has 0 saturated carbocycles. The highest BCUT2D eigenvalue weighted by Crippen LogP contribution is 2.64. The molecule has 0 amide bonds. The van der Waals surface area contributed by atoms with Crippen LogP contribution >= 0.6 is 7.14 Å². The van der Waals surface area contributed by atoms with Gasteiger partial charge >= 0.3 is 11.9 Å². The molecular formula is C33H29N2O5P. The van der Waals surface area contributed by atoms with Crippen molar-refractivity contribution >= 4 is 29.7 Å². The van der Waals surface area contributed by atoms with E-state index in [0.717, 1.165) is 5.56 Å². The smallest absolute Gasteiger partial charge is 0.336 e. The van der Waals surface area contributed by atoms with E-state index < -0.39 is 42.2 Å². The molecule has 5 rings (SSSR count). The Morgan fingerprint density at radius 2 is 1.32 bits per heavy atom. The number of esters is 2. The Morgan fingerprint density at radius 3 is 1.80 bits per heavy atom. The predicted molar refractivity (Wildman–Crippen MR) is 156 cm³/mol. The molecule has 0 unspecified atom stereocenters. The molecule has 1 aliphatic heterocycles. The lowest BCUT2D eigenvalue weighted by molar-refractivity contribution is -0.150. The lowest BCUT2D eigenvalue weighted by atomic mass is 9.85. The monoisotopic (exact) mass is 564 g/mol. The molecule has 1 aliphatic rings. The molecule has 0 radical (unpaired) electrons. The standard InChI is InChI=1S/C33H29N2O5P/c1-39-31(36)29-28(22-34)33(35-30(29)25-16-8-3-9-17-25,32(37)40-23-24-14-6-2-7-15-24)41(38,26-18-10-4-11-19-26)27-20-12-5-13-21-27/h2-21,28-30,35H,23H2,1H3/t28-,29-,30-,33-/m0/s1. The first-order chi connectivity index (χ1) is 20.0. The summed E-state index contributed by atoms with van der Waals surface area (Å²) in [6.45, 7) is -0.107. The second-order valence-corrected chi connectivity index (χ2v) is 12.8. The Hall–Kier alpha value is -4.50. The fraction of sp³-hybridized carbons (Fsp3) is 0.182. The van der Waals surface area contributed by atoms with Crippen LogP contribution in [0.4, 0.5) is 0 Å². The number of rotatable bonds is 8. The van der Waals surface area contributed by atoms with Crippen molar-refractivity contribution in [1.82, 2.24) is 5.32 Å². The summed E-state index contributed by atoms with van der Waals surface area (Å²) >= 11 is 0. The molecule has 1 N–H and O–H groups in total. The van der Waals surface area contributed by atoms with Gasteiger partial charge in [-0.25, -0.2) is 4.79 Å². The van der Waals surface area contributed by atoms with Gasteiger partial charge in [0.25, 0.3) is 0 Å². The van der Waals surface area contributed by atoms with Crippen LogP contribution in [0.2, 0.25) is 0 Å². The van der Waals surface area contributed by atoms with E-state index in [-0.39, 0.29) is 6.61 Å². The maximum atomic E-state index is 15.9. The molecule has 8 heteroatoms. The van der Waals surface area contributed by atoms with Gasteiger partial charge in [0.15, 0.2) is 12.4 Å². The van der Waals surface area contributed by atoms with Crippen molar-refractivity contribution in [3.05, 3.63) is 132 Å². The van der Waals surface area contributed by atoms with E-state index in [9.17, 15) is 14.9 Å². The summed E-state index contributed by atoms with van der Waals surface area (Å²) in [6, 6.07) is 36.7. The van der Waals surface area contributed by atoms with Crippen LogP contribution in [0.15, 0.2) is 121 Å². The lowest BCUT2D eigenvalue weighted by Gasteiger charge is -2.39. The Kier molecular flexibility index (Phi) is 8.16. The first-order valence-corrected chi connectivity index (χ1v) is 14.9. The summed E-state index contributed by atoms with van der Waals surface area (Å²) < 4.78 is 27.0. The molecule has 41 heavy (non-hydrogen) atoms. The average Bonchev–Trinajstić information content (AvgIpc) is 3.41.